The van der Waals surface area contributed by atoms with Gasteiger partial charge in [0, 0.05) is 25.2 Å². The Labute approximate surface area is 179 Å². The summed E-state index contributed by atoms with van der Waals surface area (Å²) in [5, 5.41) is 2.91. The van der Waals surface area contributed by atoms with Crippen molar-refractivity contribution in [3.8, 4) is 5.75 Å². The molecule has 3 rings (SSSR count). The molecular weight excluding hydrogens is 400 g/mol. The highest BCUT2D eigenvalue weighted by Crippen LogP contribution is 2.29. The molecule has 7 heteroatoms. The summed E-state index contributed by atoms with van der Waals surface area (Å²) in [5.74, 6) is 0.106. The van der Waals surface area contributed by atoms with Gasteiger partial charge in [-0.25, -0.2) is 8.42 Å². The van der Waals surface area contributed by atoms with Gasteiger partial charge in [0.15, 0.2) is 0 Å². The minimum atomic E-state index is -3.73. The van der Waals surface area contributed by atoms with Gasteiger partial charge in [-0.1, -0.05) is 50.1 Å². The first-order chi connectivity index (χ1) is 14.4. The van der Waals surface area contributed by atoms with E-state index in [4.69, 9.17) is 4.74 Å². The maximum absolute atomic E-state index is 13.3. The first-order valence-corrected chi connectivity index (χ1v) is 11.9. The lowest BCUT2D eigenvalue weighted by Gasteiger charge is -2.21. The number of nitrogens with one attached hydrogen (secondary N) is 1. The molecule has 2 aromatic carbocycles. The van der Waals surface area contributed by atoms with Crippen molar-refractivity contribution in [3.63, 3.8) is 0 Å². The van der Waals surface area contributed by atoms with Crippen LogP contribution in [0.5, 0.6) is 5.75 Å². The fourth-order valence-corrected chi connectivity index (χ4v) is 5.39. The van der Waals surface area contributed by atoms with Crippen molar-refractivity contribution in [2.24, 2.45) is 0 Å². The van der Waals surface area contributed by atoms with E-state index in [9.17, 15) is 13.2 Å². The summed E-state index contributed by atoms with van der Waals surface area (Å²) in [5.41, 5.74) is 1.45. The third-order valence-electron chi connectivity index (χ3n) is 5.55. The Balaban J connectivity index is 1.78. The minimum Gasteiger partial charge on any atom is -0.495 e. The van der Waals surface area contributed by atoms with Gasteiger partial charge in [0.1, 0.15) is 10.6 Å². The molecule has 1 atom stereocenters. The average Bonchev–Trinajstić information content (AvgIpc) is 3.07. The van der Waals surface area contributed by atoms with Gasteiger partial charge in [0.05, 0.1) is 7.11 Å². The van der Waals surface area contributed by atoms with Gasteiger partial charge >= 0.3 is 0 Å². The van der Waals surface area contributed by atoms with Crippen LogP contribution in [0, 0.1) is 0 Å². The second-order valence-electron chi connectivity index (χ2n) is 7.71. The number of rotatable bonds is 7. The lowest BCUT2D eigenvalue weighted by Crippen LogP contribution is -2.32. The minimum absolute atomic E-state index is 0.0515. The molecule has 1 N–H and O–H groups in total. The maximum Gasteiger partial charge on any atom is 0.251 e. The first-order valence-electron chi connectivity index (χ1n) is 10.4. The van der Waals surface area contributed by atoms with E-state index < -0.39 is 10.0 Å². The van der Waals surface area contributed by atoms with Crippen LogP contribution in [0.2, 0.25) is 0 Å². The van der Waals surface area contributed by atoms with Crippen LogP contribution < -0.4 is 10.1 Å². The summed E-state index contributed by atoms with van der Waals surface area (Å²) in [6.45, 7) is 3.49. The lowest BCUT2D eigenvalue weighted by atomic mass is 10.0. The van der Waals surface area contributed by atoms with Crippen molar-refractivity contribution in [2.75, 3.05) is 26.7 Å². The number of sulfonamides is 1. The van der Waals surface area contributed by atoms with Gasteiger partial charge in [-0.15, -0.1) is 0 Å². The highest BCUT2D eigenvalue weighted by molar-refractivity contribution is 7.89. The molecule has 1 heterocycles. The van der Waals surface area contributed by atoms with Gasteiger partial charge in [0.25, 0.3) is 5.91 Å². The standard InChI is InChI=1S/C23H30N2O4S/c1-18(19-10-6-5-7-11-19)17-24-23(26)20-12-13-21(29-2)22(16-20)30(27,28)25-14-8-3-4-9-15-25/h5-7,10-13,16,18H,3-4,8-9,14-15,17H2,1-2H3,(H,24,26). The average molecular weight is 431 g/mol. The number of ether oxygens (including phenoxy) is 1. The zero-order valence-electron chi connectivity index (χ0n) is 17.6. The second-order valence-corrected chi connectivity index (χ2v) is 9.61. The lowest BCUT2D eigenvalue weighted by molar-refractivity contribution is 0.0951. The summed E-state index contributed by atoms with van der Waals surface area (Å²) < 4.78 is 33.3. The number of methoxy groups -OCH3 is 1. The highest BCUT2D eigenvalue weighted by Gasteiger charge is 2.29. The predicted molar refractivity (Wildman–Crippen MR) is 117 cm³/mol. The van der Waals surface area contributed by atoms with E-state index in [1.807, 2.05) is 37.3 Å². The number of carbonyl (C=O) groups excluding carboxylic acids is 1. The van der Waals surface area contributed by atoms with E-state index in [0.29, 0.717) is 25.2 Å². The molecule has 0 aliphatic carbocycles. The summed E-state index contributed by atoms with van der Waals surface area (Å²) in [4.78, 5) is 12.8. The number of hydrogen-bond acceptors (Lipinski definition) is 4. The molecule has 1 amide bonds. The molecule has 6 nitrogen and oxygen atoms in total. The monoisotopic (exact) mass is 430 g/mol. The molecule has 1 saturated heterocycles. The van der Waals surface area contributed by atoms with Gasteiger partial charge in [-0.2, -0.15) is 4.31 Å². The highest BCUT2D eigenvalue weighted by atomic mass is 32.2. The van der Waals surface area contributed by atoms with Crippen LogP contribution in [0.15, 0.2) is 53.4 Å². The van der Waals surface area contributed by atoms with E-state index in [1.54, 1.807) is 12.1 Å². The summed E-state index contributed by atoms with van der Waals surface area (Å²) in [6.07, 6.45) is 3.76. The fraction of sp³-hybridized carbons (Fsp3) is 0.435. The van der Waals surface area contributed by atoms with Crippen molar-refractivity contribution < 1.29 is 17.9 Å². The van der Waals surface area contributed by atoms with Crippen LogP contribution in [-0.4, -0.2) is 45.4 Å². The Hall–Kier alpha value is -2.38. The van der Waals surface area contributed by atoms with Crippen molar-refractivity contribution in [1.29, 1.82) is 0 Å². The molecule has 0 radical (unpaired) electrons. The van der Waals surface area contributed by atoms with Crippen LogP contribution in [-0.2, 0) is 10.0 Å². The van der Waals surface area contributed by atoms with E-state index >= 15 is 0 Å². The number of carbonyl (C=O) groups is 1. The molecule has 0 spiro atoms. The van der Waals surface area contributed by atoms with E-state index in [0.717, 1.165) is 31.2 Å². The summed E-state index contributed by atoms with van der Waals surface area (Å²) in [6, 6.07) is 14.5. The molecule has 0 bridgehead atoms. The van der Waals surface area contributed by atoms with Gasteiger partial charge in [-0.3, -0.25) is 4.79 Å². The van der Waals surface area contributed by atoms with E-state index in [-0.39, 0.29) is 22.5 Å². The molecule has 1 unspecified atom stereocenters. The molecule has 0 aromatic heterocycles. The third-order valence-corrected chi connectivity index (χ3v) is 7.47. The van der Waals surface area contributed by atoms with Crippen LogP contribution in [0.1, 0.15) is 54.4 Å². The van der Waals surface area contributed by atoms with Crippen LogP contribution in [0.4, 0.5) is 0 Å². The third kappa shape index (κ3) is 5.21. The number of amides is 1. The molecule has 2 aromatic rings. The van der Waals surface area contributed by atoms with Crippen molar-refractivity contribution in [1.82, 2.24) is 9.62 Å². The van der Waals surface area contributed by atoms with E-state index in [2.05, 4.69) is 5.32 Å². The molecular formula is C23H30N2O4S. The zero-order valence-corrected chi connectivity index (χ0v) is 18.5. The van der Waals surface area contributed by atoms with Crippen LogP contribution in [0.3, 0.4) is 0 Å². The van der Waals surface area contributed by atoms with Crippen molar-refractivity contribution in [3.05, 3.63) is 59.7 Å². The van der Waals surface area contributed by atoms with Crippen LogP contribution >= 0.6 is 0 Å². The maximum atomic E-state index is 13.3. The number of nitrogens with zero attached hydrogens (tertiary/aromatic N) is 1. The summed E-state index contributed by atoms with van der Waals surface area (Å²) in [7, 11) is -2.29. The van der Waals surface area contributed by atoms with Crippen LogP contribution in [0.25, 0.3) is 0 Å². The molecule has 162 valence electrons. The largest absolute Gasteiger partial charge is 0.495 e. The Morgan fingerprint density at radius 3 is 2.37 bits per heavy atom. The van der Waals surface area contributed by atoms with Crippen molar-refractivity contribution >= 4 is 15.9 Å². The summed E-state index contributed by atoms with van der Waals surface area (Å²) >= 11 is 0. The first kappa shape index (κ1) is 22.3. The normalized spacial score (nSPS) is 16.5. The smallest absolute Gasteiger partial charge is 0.251 e. The second kappa shape index (κ2) is 10.1. The van der Waals surface area contributed by atoms with Gasteiger partial charge in [0.2, 0.25) is 10.0 Å². The van der Waals surface area contributed by atoms with E-state index in [1.165, 1.54) is 17.5 Å². The van der Waals surface area contributed by atoms with Gasteiger partial charge in [-0.05, 0) is 42.5 Å². The number of hydrogen-bond donors (Lipinski definition) is 1. The van der Waals surface area contributed by atoms with Crippen molar-refractivity contribution in [2.45, 2.75) is 43.4 Å². The quantitative estimate of drug-likeness (QED) is 0.725. The SMILES string of the molecule is COc1ccc(C(=O)NCC(C)c2ccccc2)cc1S(=O)(=O)N1CCCCCC1. The fourth-order valence-electron chi connectivity index (χ4n) is 3.69. The topological polar surface area (TPSA) is 75.7 Å². The Kier molecular flexibility index (Phi) is 7.50. The Morgan fingerprint density at radius 1 is 1.07 bits per heavy atom. The molecule has 1 aliphatic heterocycles. The molecule has 30 heavy (non-hydrogen) atoms. The predicted octanol–water partition coefficient (Wildman–Crippen LogP) is 3.79. The van der Waals surface area contributed by atoms with Gasteiger partial charge < -0.3 is 10.1 Å². The molecule has 0 saturated carbocycles. The molecule has 1 aliphatic rings. The zero-order chi connectivity index (χ0) is 21.6. The Bertz CT molecular complexity index is 952. The Morgan fingerprint density at radius 2 is 1.73 bits per heavy atom. The number of benzene rings is 2. The molecule has 1 fully saturated rings.